The van der Waals surface area contributed by atoms with Gasteiger partial charge in [-0.3, -0.25) is 14.5 Å². The summed E-state index contributed by atoms with van der Waals surface area (Å²) in [5.74, 6) is 6.86. The molecule has 0 aromatic heterocycles. The molecule has 2 fully saturated rings. The molecule has 46 heavy (non-hydrogen) atoms. The van der Waals surface area contributed by atoms with Crippen LogP contribution >= 0.6 is 0 Å². The van der Waals surface area contributed by atoms with Crippen molar-refractivity contribution in [1.29, 1.82) is 0 Å². The normalized spacial score (nSPS) is 27.0. The van der Waals surface area contributed by atoms with Crippen molar-refractivity contribution in [2.75, 3.05) is 27.2 Å². The van der Waals surface area contributed by atoms with E-state index in [1.807, 2.05) is 44.3 Å². The summed E-state index contributed by atoms with van der Waals surface area (Å²) in [5, 5.41) is 0. The summed E-state index contributed by atoms with van der Waals surface area (Å²) in [6.07, 6.45) is 3.26. The number of hydrogen-bond acceptors (Lipinski definition) is 6. The van der Waals surface area contributed by atoms with Crippen LogP contribution in [0.15, 0.2) is 60.7 Å². The predicted molar refractivity (Wildman–Crippen MR) is 176 cm³/mol. The van der Waals surface area contributed by atoms with Gasteiger partial charge in [-0.25, -0.2) is 0 Å². The fourth-order valence-electron chi connectivity index (χ4n) is 8.95. The van der Waals surface area contributed by atoms with Gasteiger partial charge in [-0.15, -0.1) is 0 Å². The second-order valence-corrected chi connectivity index (χ2v) is 13.4. The van der Waals surface area contributed by atoms with Gasteiger partial charge in [-0.05, 0) is 92.9 Å². The van der Waals surface area contributed by atoms with Gasteiger partial charge in [0.05, 0.1) is 24.6 Å². The molecular formula is C39H42N2O5. The first-order valence-electron chi connectivity index (χ1n) is 16.4. The molecule has 1 saturated heterocycles. The van der Waals surface area contributed by atoms with Crippen molar-refractivity contribution in [2.45, 2.75) is 82.1 Å². The first-order valence-corrected chi connectivity index (χ1v) is 16.4. The standard InChI is InChI=1S/C39H42N2O5/c1-25-11-12-29(23-26(25)2)13-16-34(43)40(4)31-17-19-39(46-27(3)42)33-24-30-14-15-32(44-5)36-35(30)38(39,37(31)45-36)20-22-41(33)21-18-28-9-7-6-8-10-28/h6-12,14-15,23,31,33,37H,17-22,24H2,1-5H3/t31-,33-,37+,38+,39-/m1/s1. The van der Waals surface area contributed by atoms with Gasteiger partial charge in [0.1, 0.15) is 11.7 Å². The number of hydrogen-bond donors (Lipinski definition) is 0. The molecule has 0 radical (unpaired) electrons. The van der Waals surface area contributed by atoms with Gasteiger partial charge in [-0.2, -0.15) is 0 Å². The number of benzene rings is 3. The number of amides is 1. The van der Waals surface area contributed by atoms with Crippen molar-refractivity contribution in [2.24, 2.45) is 0 Å². The van der Waals surface area contributed by atoms with E-state index < -0.39 is 17.1 Å². The van der Waals surface area contributed by atoms with Gasteiger partial charge >= 0.3 is 5.97 Å². The number of nitrogens with zero attached hydrogens (tertiary/aromatic N) is 2. The number of rotatable bonds is 6. The van der Waals surface area contributed by atoms with E-state index in [4.69, 9.17) is 14.2 Å². The van der Waals surface area contributed by atoms with Gasteiger partial charge in [0, 0.05) is 37.6 Å². The van der Waals surface area contributed by atoms with Crippen molar-refractivity contribution in [1.82, 2.24) is 9.80 Å². The Balaban J connectivity index is 1.28. The number of aryl methyl sites for hydroxylation is 2. The molecule has 4 aliphatic rings. The van der Waals surface area contributed by atoms with Crippen LogP contribution in [-0.2, 0) is 32.6 Å². The number of carbonyl (C=O) groups is 2. The van der Waals surface area contributed by atoms with Crippen LogP contribution < -0.4 is 9.47 Å². The molecule has 2 aliphatic carbocycles. The number of methoxy groups -OCH3 is 1. The highest BCUT2D eigenvalue weighted by molar-refractivity contribution is 5.94. The lowest BCUT2D eigenvalue weighted by Gasteiger charge is -2.65. The maximum absolute atomic E-state index is 13.7. The molecule has 3 aromatic carbocycles. The molecule has 2 bridgehead atoms. The van der Waals surface area contributed by atoms with E-state index in [0.29, 0.717) is 18.6 Å². The molecule has 2 aliphatic heterocycles. The third kappa shape index (κ3) is 4.60. The van der Waals surface area contributed by atoms with Crippen LogP contribution in [0.25, 0.3) is 0 Å². The Morgan fingerprint density at radius 2 is 1.87 bits per heavy atom. The predicted octanol–water partition coefficient (Wildman–Crippen LogP) is 5.16. The van der Waals surface area contributed by atoms with Crippen molar-refractivity contribution >= 4 is 11.9 Å². The zero-order valence-corrected chi connectivity index (χ0v) is 27.4. The SMILES string of the molecule is COc1ccc2c3c1O[C@H]1[C@H](N(C)C(=O)C#Cc4ccc(C)c(C)c4)CC[C@@]4(OC(C)=O)[C@@H](C2)N(CCc2ccccc2)CC[C@]314. The summed E-state index contributed by atoms with van der Waals surface area (Å²) in [6, 6.07) is 20.4. The van der Waals surface area contributed by atoms with Gasteiger partial charge in [-0.1, -0.05) is 48.4 Å². The maximum Gasteiger partial charge on any atom is 0.303 e. The number of piperidine rings is 1. The molecule has 7 rings (SSSR count). The van der Waals surface area contributed by atoms with E-state index in [1.165, 1.54) is 23.6 Å². The van der Waals surface area contributed by atoms with E-state index in [1.54, 1.807) is 12.0 Å². The molecule has 1 spiro atoms. The third-order valence-electron chi connectivity index (χ3n) is 11.2. The van der Waals surface area contributed by atoms with Crippen LogP contribution in [0.1, 0.15) is 59.6 Å². The summed E-state index contributed by atoms with van der Waals surface area (Å²) >= 11 is 0. The molecular weight excluding hydrogens is 576 g/mol. The molecule has 238 valence electrons. The Hall–Kier alpha value is -4.28. The maximum atomic E-state index is 13.7. The summed E-state index contributed by atoms with van der Waals surface area (Å²) in [5.41, 5.74) is 5.33. The fourth-order valence-corrected chi connectivity index (χ4v) is 8.95. The number of likely N-dealkylation sites (N-methyl/N-ethyl adjacent to an activating group) is 1. The molecule has 5 atom stereocenters. The number of esters is 1. The van der Waals surface area contributed by atoms with E-state index in [-0.39, 0.29) is 24.0 Å². The van der Waals surface area contributed by atoms with E-state index in [9.17, 15) is 9.59 Å². The Morgan fingerprint density at radius 1 is 1.07 bits per heavy atom. The Kier molecular flexibility index (Phi) is 7.60. The van der Waals surface area contributed by atoms with Crippen LogP contribution in [0.3, 0.4) is 0 Å². The topological polar surface area (TPSA) is 68.3 Å². The minimum Gasteiger partial charge on any atom is -0.493 e. The summed E-state index contributed by atoms with van der Waals surface area (Å²) < 4.78 is 19.4. The monoisotopic (exact) mass is 618 g/mol. The third-order valence-corrected chi connectivity index (χ3v) is 11.2. The quantitative estimate of drug-likeness (QED) is 0.281. The van der Waals surface area contributed by atoms with Crippen LogP contribution in [0, 0.1) is 25.7 Å². The Bertz CT molecular complexity index is 1760. The summed E-state index contributed by atoms with van der Waals surface area (Å²) in [6.45, 7) is 7.34. The van der Waals surface area contributed by atoms with Gasteiger partial charge in [0.2, 0.25) is 0 Å². The van der Waals surface area contributed by atoms with Crippen molar-refractivity contribution in [3.63, 3.8) is 0 Å². The van der Waals surface area contributed by atoms with Crippen LogP contribution in [0.5, 0.6) is 11.5 Å². The number of carbonyl (C=O) groups excluding carboxylic acids is 2. The zero-order chi connectivity index (χ0) is 32.2. The fraction of sp³-hybridized carbons (Fsp3) is 0.436. The van der Waals surface area contributed by atoms with Crippen LogP contribution in [-0.4, -0.2) is 72.7 Å². The first kappa shape index (κ1) is 30.4. The van der Waals surface area contributed by atoms with Crippen LogP contribution in [0.2, 0.25) is 0 Å². The van der Waals surface area contributed by atoms with E-state index >= 15 is 0 Å². The average molecular weight is 619 g/mol. The first-order chi connectivity index (χ1) is 22.2. The lowest BCUT2D eigenvalue weighted by Crippen LogP contribution is -2.79. The Morgan fingerprint density at radius 3 is 2.61 bits per heavy atom. The Labute approximate surface area is 271 Å². The van der Waals surface area contributed by atoms with Crippen LogP contribution in [0.4, 0.5) is 0 Å². The smallest absolute Gasteiger partial charge is 0.303 e. The highest BCUT2D eigenvalue weighted by Gasteiger charge is 2.75. The van der Waals surface area contributed by atoms with Crippen molar-refractivity contribution in [3.8, 4) is 23.3 Å². The second-order valence-electron chi connectivity index (χ2n) is 13.4. The molecule has 1 saturated carbocycles. The lowest BCUT2D eigenvalue weighted by atomic mass is 9.48. The van der Waals surface area contributed by atoms with E-state index in [2.05, 4.69) is 54.0 Å². The second kappa shape index (κ2) is 11.5. The summed E-state index contributed by atoms with van der Waals surface area (Å²) in [7, 11) is 3.49. The molecule has 7 heteroatoms. The minimum atomic E-state index is -0.797. The van der Waals surface area contributed by atoms with Crippen molar-refractivity contribution < 1.29 is 23.8 Å². The number of likely N-dealkylation sites (tertiary alicyclic amines) is 1. The van der Waals surface area contributed by atoms with Gasteiger partial charge in [0.15, 0.2) is 11.5 Å². The number of ether oxygens (including phenoxy) is 3. The molecule has 1 amide bonds. The molecule has 0 N–H and O–H groups in total. The zero-order valence-electron chi connectivity index (χ0n) is 27.4. The van der Waals surface area contributed by atoms with Gasteiger partial charge in [0.25, 0.3) is 5.91 Å². The average Bonchev–Trinajstić information content (AvgIpc) is 3.40. The highest BCUT2D eigenvalue weighted by Crippen LogP contribution is 2.67. The highest BCUT2D eigenvalue weighted by atomic mass is 16.6. The van der Waals surface area contributed by atoms with Crippen molar-refractivity contribution in [3.05, 3.63) is 94.0 Å². The minimum absolute atomic E-state index is 0.0154. The lowest BCUT2D eigenvalue weighted by molar-refractivity contribution is -0.223. The molecule has 7 nitrogen and oxygen atoms in total. The van der Waals surface area contributed by atoms with Gasteiger partial charge < -0.3 is 19.1 Å². The molecule has 3 aromatic rings. The summed E-state index contributed by atoms with van der Waals surface area (Å²) in [4.78, 5) is 31.0. The molecule has 2 heterocycles. The largest absolute Gasteiger partial charge is 0.493 e. The van der Waals surface area contributed by atoms with E-state index in [0.717, 1.165) is 54.8 Å². The molecule has 0 unspecified atom stereocenters.